The maximum absolute atomic E-state index is 13.4. The van der Waals surface area contributed by atoms with Crippen molar-refractivity contribution < 1.29 is 19.2 Å². The van der Waals surface area contributed by atoms with E-state index in [-0.39, 0.29) is 30.4 Å². The van der Waals surface area contributed by atoms with E-state index in [1.807, 2.05) is 43.3 Å². The smallest absolute Gasteiger partial charge is 0.255 e. The molecule has 0 spiro atoms. The monoisotopic (exact) mass is 711 g/mol. The second-order valence-corrected chi connectivity index (χ2v) is 14.8. The van der Waals surface area contributed by atoms with Crippen molar-refractivity contribution >= 4 is 57.8 Å². The molecule has 1 unspecified atom stereocenters. The molecular formula is C37H38ClN7O4S. The number of nitrogens with one attached hydrogen (secondary N) is 2. The van der Waals surface area contributed by atoms with Crippen molar-refractivity contribution in [3.05, 3.63) is 91.8 Å². The highest BCUT2D eigenvalue weighted by Gasteiger charge is 2.40. The minimum atomic E-state index is -0.646. The van der Waals surface area contributed by atoms with Crippen LogP contribution in [0.4, 0.5) is 5.69 Å². The number of nitrogens with zero attached hydrogens (tertiary/aromatic N) is 5. The van der Waals surface area contributed by atoms with Gasteiger partial charge in [-0.15, -0.1) is 21.5 Å². The Morgan fingerprint density at radius 2 is 1.84 bits per heavy atom. The summed E-state index contributed by atoms with van der Waals surface area (Å²) in [6.45, 7) is 7.14. The number of imide groups is 1. The van der Waals surface area contributed by atoms with Crippen molar-refractivity contribution in [3.8, 4) is 5.00 Å². The van der Waals surface area contributed by atoms with Crippen LogP contribution in [-0.4, -0.2) is 61.5 Å². The van der Waals surface area contributed by atoms with Gasteiger partial charge >= 0.3 is 0 Å². The number of aromatic nitrogens is 3. The van der Waals surface area contributed by atoms with Crippen LogP contribution in [0.15, 0.2) is 47.5 Å². The van der Waals surface area contributed by atoms with Gasteiger partial charge in [-0.3, -0.25) is 34.1 Å². The Bertz CT molecular complexity index is 2050. The highest BCUT2D eigenvalue weighted by atomic mass is 35.5. The number of thiophene rings is 1. The number of carbonyl (C=O) groups excluding carboxylic acids is 4. The lowest BCUT2D eigenvalue weighted by atomic mass is 9.99. The molecule has 0 saturated carbocycles. The van der Waals surface area contributed by atoms with Crippen LogP contribution in [0.5, 0.6) is 0 Å². The van der Waals surface area contributed by atoms with Gasteiger partial charge in [-0.25, -0.2) is 0 Å². The third-order valence-corrected chi connectivity index (χ3v) is 11.3. The second kappa shape index (κ2) is 13.9. The van der Waals surface area contributed by atoms with Crippen LogP contribution in [0, 0.1) is 20.8 Å². The van der Waals surface area contributed by atoms with Crippen LogP contribution in [0.25, 0.3) is 5.00 Å². The molecule has 1 fully saturated rings. The molecule has 2 aromatic carbocycles. The predicted molar refractivity (Wildman–Crippen MR) is 192 cm³/mol. The number of hydrogen-bond donors (Lipinski definition) is 2. The van der Waals surface area contributed by atoms with E-state index in [1.165, 1.54) is 4.88 Å². The highest BCUT2D eigenvalue weighted by molar-refractivity contribution is 7.15. The number of halogens is 1. The Kier molecular flexibility index (Phi) is 9.40. The number of aryl methyl sites for hydroxylation is 2. The number of ketones is 1. The normalized spacial score (nSPS) is 18.3. The van der Waals surface area contributed by atoms with E-state index in [9.17, 15) is 19.2 Å². The molecule has 7 rings (SSSR count). The molecule has 11 nitrogen and oxygen atoms in total. The van der Waals surface area contributed by atoms with E-state index >= 15 is 0 Å². The number of Topliss-reactive ketones (excluding diaryl/α,β-unsaturated/α-hetero) is 1. The molecule has 2 atom stereocenters. The Morgan fingerprint density at radius 1 is 1.04 bits per heavy atom. The van der Waals surface area contributed by atoms with Gasteiger partial charge < -0.3 is 10.2 Å². The maximum atomic E-state index is 13.4. The van der Waals surface area contributed by atoms with Crippen LogP contribution < -0.4 is 10.6 Å². The zero-order valence-corrected chi connectivity index (χ0v) is 29.8. The van der Waals surface area contributed by atoms with Gasteiger partial charge in [0.1, 0.15) is 28.7 Å². The topological polar surface area (TPSA) is 139 Å². The van der Waals surface area contributed by atoms with Crippen molar-refractivity contribution in [2.75, 3.05) is 11.9 Å². The minimum Gasteiger partial charge on any atom is -0.385 e. The molecule has 4 aromatic rings. The summed E-state index contributed by atoms with van der Waals surface area (Å²) >= 11 is 7.91. The van der Waals surface area contributed by atoms with Crippen molar-refractivity contribution in [2.24, 2.45) is 4.99 Å². The quantitative estimate of drug-likeness (QED) is 0.140. The first-order chi connectivity index (χ1) is 24.1. The summed E-state index contributed by atoms with van der Waals surface area (Å²) in [6, 6.07) is 12.1. The molecule has 0 bridgehead atoms. The Balaban J connectivity index is 0.971. The summed E-state index contributed by atoms with van der Waals surface area (Å²) < 4.78 is 2.06. The first-order valence-corrected chi connectivity index (χ1v) is 18.2. The van der Waals surface area contributed by atoms with Crippen molar-refractivity contribution in [1.29, 1.82) is 0 Å². The number of benzene rings is 2. The lowest BCUT2D eigenvalue weighted by molar-refractivity contribution is -0.137. The standard InChI is InChI=1S/C37H38ClN7O4S/c1-20-21(2)50-37-32(20)33(23-11-13-24(38)14-12-23)40-29(34-43-42-22(3)45(34)37)18-25(46)8-5-4-6-17-39-28-10-7-9-26-27(28)19-44(36(26)49)30-15-16-31(47)41-35(30)48/h7,9-14,29-30,39H,4-6,8,15-19H2,1-3H3,(H,41,47,48)/t29-,30?/m0/s1. The molecule has 0 aliphatic carbocycles. The second-order valence-electron chi connectivity index (χ2n) is 13.1. The van der Waals surface area contributed by atoms with Gasteiger partial charge in [-0.1, -0.05) is 36.2 Å². The number of fused-ring (bicyclic) bond motifs is 4. The minimum absolute atomic E-state index is 0.125. The van der Waals surface area contributed by atoms with Gasteiger partial charge in [0.25, 0.3) is 5.91 Å². The number of amides is 3. The zero-order chi connectivity index (χ0) is 35.1. The van der Waals surface area contributed by atoms with Crippen LogP contribution in [0.3, 0.4) is 0 Å². The van der Waals surface area contributed by atoms with Gasteiger partial charge in [0.05, 0.1) is 5.71 Å². The summed E-state index contributed by atoms with van der Waals surface area (Å²) in [5.74, 6) is 0.652. The van der Waals surface area contributed by atoms with Gasteiger partial charge in [0, 0.05) is 70.2 Å². The summed E-state index contributed by atoms with van der Waals surface area (Å²) in [5, 5.41) is 16.4. The number of hydrogen-bond acceptors (Lipinski definition) is 9. The third kappa shape index (κ3) is 6.37. The zero-order valence-electron chi connectivity index (χ0n) is 28.2. The van der Waals surface area contributed by atoms with E-state index in [2.05, 4.69) is 39.2 Å². The average molecular weight is 712 g/mol. The fourth-order valence-corrected chi connectivity index (χ4v) is 8.39. The number of aliphatic imine (C=N–C) groups is 1. The number of rotatable bonds is 11. The molecule has 1 saturated heterocycles. The van der Waals surface area contributed by atoms with Crippen molar-refractivity contribution in [2.45, 2.75) is 84.3 Å². The number of piperidine rings is 1. The predicted octanol–water partition coefficient (Wildman–Crippen LogP) is 6.19. The van der Waals surface area contributed by atoms with Gasteiger partial charge in [0.2, 0.25) is 11.8 Å². The summed E-state index contributed by atoms with van der Waals surface area (Å²) in [4.78, 5) is 58.6. The fourth-order valence-electron chi connectivity index (χ4n) is 7.05. The van der Waals surface area contributed by atoms with E-state index in [0.717, 1.165) is 63.7 Å². The number of carbonyl (C=O) groups is 4. The first kappa shape index (κ1) is 33.8. The molecule has 258 valence electrons. The van der Waals surface area contributed by atoms with Crippen molar-refractivity contribution in [3.63, 3.8) is 0 Å². The molecule has 2 N–H and O–H groups in total. The Morgan fingerprint density at radius 3 is 2.62 bits per heavy atom. The van der Waals surface area contributed by atoms with E-state index in [1.54, 1.807) is 22.3 Å². The van der Waals surface area contributed by atoms with Crippen molar-refractivity contribution in [1.82, 2.24) is 25.0 Å². The van der Waals surface area contributed by atoms with E-state index < -0.39 is 18.0 Å². The number of anilines is 1. The molecule has 0 radical (unpaired) electrons. The summed E-state index contributed by atoms with van der Waals surface area (Å²) in [7, 11) is 0. The molecule has 2 aromatic heterocycles. The SMILES string of the molecule is Cc1sc2c(c1C)C(c1ccc(Cl)cc1)=N[C@@H](CC(=O)CCCCCNc1cccc3c1CN(C1CCC(=O)NC1=O)C3=O)c1nnc(C)n1-2. The molecule has 3 amide bonds. The van der Waals surface area contributed by atoms with E-state index in [0.29, 0.717) is 42.3 Å². The van der Waals surface area contributed by atoms with Crippen LogP contribution in [-0.2, 0) is 20.9 Å². The maximum Gasteiger partial charge on any atom is 0.255 e. The fraction of sp³-hybridized carbons (Fsp3) is 0.378. The first-order valence-electron chi connectivity index (χ1n) is 17.0. The molecule has 5 heterocycles. The molecular weight excluding hydrogens is 674 g/mol. The Labute approximate surface area is 299 Å². The molecule has 13 heteroatoms. The average Bonchev–Trinajstić information content (AvgIpc) is 3.70. The summed E-state index contributed by atoms with van der Waals surface area (Å²) in [5.41, 5.74) is 6.27. The summed E-state index contributed by atoms with van der Waals surface area (Å²) in [6.07, 6.45) is 3.66. The third-order valence-electron chi connectivity index (χ3n) is 9.81. The largest absolute Gasteiger partial charge is 0.385 e. The van der Waals surface area contributed by atoms with Gasteiger partial charge in [0.15, 0.2) is 5.82 Å². The molecule has 3 aliphatic rings. The lowest BCUT2D eigenvalue weighted by Crippen LogP contribution is -2.52. The number of unbranched alkanes of at least 4 members (excludes halogenated alkanes) is 2. The van der Waals surface area contributed by atoms with Gasteiger partial charge in [-0.2, -0.15) is 0 Å². The van der Waals surface area contributed by atoms with Crippen LogP contribution >= 0.6 is 22.9 Å². The Hall–Kier alpha value is -4.68. The highest BCUT2D eigenvalue weighted by Crippen LogP contribution is 2.40. The molecule has 50 heavy (non-hydrogen) atoms. The van der Waals surface area contributed by atoms with Gasteiger partial charge in [-0.05, 0) is 69.9 Å². The van der Waals surface area contributed by atoms with E-state index in [4.69, 9.17) is 16.6 Å². The molecule has 3 aliphatic heterocycles. The lowest BCUT2D eigenvalue weighted by Gasteiger charge is -2.29. The van der Waals surface area contributed by atoms with Crippen LogP contribution in [0.2, 0.25) is 5.02 Å². The van der Waals surface area contributed by atoms with Crippen LogP contribution in [0.1, 0.15) is 100 Å².